The van der Waals surface area contributed by atoms with Crippen LogP contribution in [0.2, 0.25) is 0 Å². The Balaban J connectivity index is 2.38. The third kappa shape index (κ3) is 2.96. The number of hydrogen-bond acceptors (Lipinski definition) is 3. The van der Waals surface area contributed by atoms with Crippen LogP contribution in [0, 0.1) is 3.57 Å². The molecule has 0 unspecified atom stereocenters. The Bertz CT molecular complexity index is 566. The summed E-state index contributed by atoms with van der Waals surface area (Å²) in [4.78, 5) is 10.9. The number of benzene rings is 1. The minimum atomic E-state index is -3.59. The maximum atomic E-state index is 11.9. The Hall–Kier alpha value is -0.670. The summed E-state index contributed by atoms with van der Waals surface area (Å²) in [6.45, 7) is 0. The number of halogens is 1. The van der Waals surface area contributed by atoms with E-state index in [4.69, 9.17) is 5.11 Å². The predicted molar refractivity (Wildman–Crippen MR) is 69.5 cm³/mol. The zero-order valence-electron chi connectivity index (χ0n) is 8.68. The summed E-state index contributed by atoms with van der Waals surface area (Å²) in [6, 6.07) is 4.10. The molecule has 0 heterocycles. The van der Waals surface area contributed by atoms with Gasteiger partial charge in [-0.3, -0.25) is 0 Å². The molecule has 1 aromatic rings. The second-order valence-corrected chi connectivity index (χ2v) is 6.72. The van der Waals surface area contributed by atoms with E-state index < -0.39 is 16.0 Å². The van der Waals surface area contributed by atoms with E-state index in [9.17, 15) is 13.2 Å². The highest BCUT2D eigenvalue weighted by atomic mass is 127. The van der Waals surface area contributed by atoms with Crippen molar-refractivity contribution < 1.29 is 18.3 Å². The molecule has 1 aliphatic rings. The Labute approximate surface area is 112 Å². The molecule has 1 aromatic carbocycles. The van der Waals surface area contributed by atoms with Gasteiger partial charge in [-0.25, -0.2) is 17.9 Å². The normalized spacial score (nSPS) is 15.8. The lowest BCUT2D eigenvalue weighted by Gasteiger charge is -2.07. The number of sulfonamides is 1. The standard InChI is InChI=1S/C10H10INO4S/c11-9-4-3-7(5-8(9)10(13)14)17(15,16)12-6-1-2-6/h3-6,12H,1-2H2,(H,13,14). The summed E-state index contributed by atoms with van der Waals surface area (Å²) >= 11 is 1.86. The van der Waals surface area contributed by atoms with Gasteiger partial charge < -0.3 is 5.11 Å². The zero-order valence-corrected chi connectivity index (χ0v) is 11.7. The Kier molecular flexibility index (Phi) is 3.41. The van der Waals surface area contributed by atoms with E-state index >= 15 is 0 Å². The van der Waals surface area contributed by atoms with Crippen molar-refractivity contribution in [3.05, 3.63) is 27.3 Å². The maximum absolute atomic E-state index is 11.9. The lowest BCUT2D eigenvalue weighted by molar-refractivity contribution is 0.0695. The van der Waals surface area contributed by atoms with Crippen LogP contribution in [0.1, 0.15) is 23.2 Å². The first-order chi connectivity index (χ1) is 7.90. The average Bonchev–Trinajstić information content (AvgIpc) is 3.00. The first-order valence-corrected chi connectivity index (χ1v) is 7.51. The fraction of sp³-hybridized carbons (Fsp3) is 0.300. The molecule has 0 aromatic heterocycles. The van der Waals surface area contributed by atoms with Crippen LogP contribution in [0.15, 0.2) is 23.1 Å². The van der Waals surface area contributed by atoms with E-state index in [1.165, 1.54) is 18.2 Å². The molecule has 0 spiro atoms. The van der Waals surface area contributed by atoms with Gasteiger partial charge in [-0.15, -0.1) is 0 Å². The highest BCUT2D eigenvalue weighted by molar-refractivity contribution is 14.1. The van der Waals surface area contributed by atoms with E-state index in [0.717, 1.165) is 12.8 Å². The molecule has 0 amide bonds. The van der Waals surface area contributed by atoms with Gasteiger partial charge in [0, 0.05) is 9.61 Å². The molecular formula is C10H10INO4S. The molecule has 7 heteroatoms. The molecule has 2 rings (SSSR count). The van der Waals surface area contributed by atoms with Crippen LogP contribution >= 0.6 is 22.6 Å². The Morgan fingerprint density at radius 3 is 2.59 bits per heavy atom. The van der Waals surface area contributed by atoms with Gasteiger partial charge in [-0.1, -0.05) is 0 Å². The summed E-state index contributed by atoms with van der Waals surface area (Å²) in [5.41, 5.74) is 0.00396. The van der Waals surface area contributed by atoms with Gasteiger partial charge in [0.1, 0.15) is 0 Å². The molecule has 0 bridgehead atoms. The van der Waals surface area contributed by atoms with E-state index in [0.29, 0.717) is 3.57 Å². The summed E-state index contributed by atoms with van der Waals surface area (Å²) in [6.07, 6.45) is 1.69. The van der Waals surface area contributed by atoms with Gasteiger partial charge in [-0.2, -0.15) is 0 Å². The molecule has 2 N–H and O–H groups in total. The molecule has 5 nitrogen and oxygen atoms in total. The minimum Gasteiger partial charge on any atom is -0.478 e. The third-order valence-corrected chi connectivity index (χ3v) is 4.84. The number of carboxylic acids is 1. The van der Waals surface area contributed by atoms with Crippen LogP contribution in [0.4, 0.5) is 0 Å². The van der Waals surface area contributed by atoms with Crippen molar-refractivity contribution >= 4 is 38.6 Å². The monoisotopic (exact) mass is 367 g/mol. The molecule has 1 fully saturated rings. The molecule has 0 radical (unpaired) electrons. The largest absolute Gasteiger partial charge is 0.478 e. The molecule has 0 atom stereocenters. The topological polar surface area (TPSA) is 83.5 Å². The van der Waals surface area contributed by atoms with Crippen LogP contribution in [0.3, 0.4) is 0 Å². The molecule has 0 aliphatic heterocycles. The molecule has 1 aliphatic carbocycles. The number of rotatable bonds is 4. The minimum absolute atomic E-state index is 0.00205. The molecular weight excluding hydrogens is 357 g/mol. The number of carboxylic acid groups (broad SMARTS) is 1. The van der Waals surface area contributed by atoms with Crippen molar-refractivity contribution in [2.45, 2.75) is 23.8 Å². The first kappa shape index (κ1) is 12.8. The number of hydrogen-bond donors (Lipinski definition) is 2. The van der Waals surface area contributed by atoms with Crippen molar-refractivity contribution in [2.75, 3.05) is 0 Å². The number of nitrogens with one attached hydrogen (secondary N) is 1. The summed E-state index contributed by atoms with van der Waals surface area (Å²) in [5.74, 6) is -1.13. The maximum Gasteiger partial charge on any atom is 0.336 e. The van der Waals surface area contributed by atoms with Crippen molar-refractivity contribution in [3.8, 4) is 0 Å². The third-order valence-electron chi connectivity index (χ3n) is 2.38. The van der Waals surface area contributed by atoms with Gasteiger partial charge in [-0.05, 0) is 53.6 Å². The second kappa shape index (κ2) is 4.54. The highest BCUT2D eigenvalue weighted by Gasteiger charge is 2.28. The summed E-state index contributed by atoms with van der Waals surface area (Å²) < 4.78 is 26.7. The molecule has 92 valence electrons. The van der Waals surface area contributed by atoms with Gasteiger partial charge >= 0.3 is 5.97 Å². The smallest absolute Gasteiger partial charge is 0.336 e. The van der Waals surface area contributed by atoms with Gasteiger partial charge in [0.15, 0.2) is 0 Å². The number of aromatic carboxylic acids is 1. The van der Waals surface area contributed by atoms with Crippen molar-refractivity contribution in [3.63, 3.8) is 0 Å². The van der Waals surface area contributed by atoms with Crippen LogP contribution in [0.25, 0.3) is 0 Å². The van der Waals surface area contributed by atoms with Gasteiger partial charge in [0.2, 0.25) is 10.0 Å². The van der Waals surface area contributed by atoms with E-state index in [1.54, 1.807) is 0 Å². The van der Waals surface area contributed by atoms with E-state index in [1.807, 2.05) is 22.6 Å². The van der Waals surface area contributed by atoms with Gasteiger partial charge in [0.25, 0.3) is 0 Å². The molecule has 1 saturated carbocycles. The van der Waals surface area contributed by atoms with Crippen molar-refractivity contribution in [1.29, 1.82) is 0 Å². The lowest BCUT2D eigenvalue weighted by atomic mass is 10.2. The fourth-order valence-corrected chi connectivity index (χ4v) is 3.22. The van der Waals surface area contributed by atoms with Crippen LogP contribution in [-0.4, -0.2) is 25.5 Å². The quantitative estimate of drug-likeness (QED) is 0.789. The highest BCUT2D eigenvalue weighted by Crippen LogP contribution is 2.23. The number of carbonyl (C=O) groups is 1. The summed E-state index contributed by atoms with van der Waals surface area (Å²) in [5, 5.41) is 8.93. The van der Waals surface area contributed by atoms with Crippen molar-refractivity contribution in [1.82, 2.24) is 4.72 Å². The molecule has 17 heavy (non-hydrogen) atoms. The second-order valence-electron chi connectivity index (χ2n) is 3.84. The molecule has 0 saturated heterocycles. The van der Waals surface area contributed by atoms with Crippen LogP contribution in [-0.2, 0) is 10.0 Å². The first-order valence-electron chi connectivity index (χ1n) is 4.95. The zero-order chi connectivity index (χ0) is 12.6. The average molecular weight is 367 g/mol. The lowest BCUT2D eigenvalue weighted by Crippen LogP contribution is -2.26. The van der Waals surface area contributed by atoms with Crippen LogP contribution < -0.4 is 4.72 Å². The Morgan fingerprint density at radius 2 is 2.06 bits per heavy atom. The van der Waals surface area contributed by atoms with Crippen molar-refractivity contribution in [2.24, 2.45) is 0 Å². The van der Waals surface area contributed by atoms with E-state index in [-0.39, 0.29) is 16.5 Å². The van der Waals surface area contributed by atoms with Crippen LogP contribution in [0.5, 0.6) is 0 Å². The SMILES string of the molecule is O=C(O)c1cc(S(=O)(=O)NC2CC2)ccc1I. The predicted octanol–water partition coefficient (Wildman–Crippen LogP) is 1.43. The fourth-order valence-electron chi connectivity index (χ4n) is 1.32. The summed E-state index contributed by atoms with van der Waals surface area (Å²) in [7, 11) is -3.59. The Morgan fingerprint density at radius 1 is 1.41 bits per heavy atom. The van der Waals surface area contributed by atoms with Gasteiger partial charge in [0.05, 0.1) is 10.5 Å². The van der Waals surface area contributed by atoms with E-state index in [2.05, 4.69) is 4.72 Å².